The molecule has 0 aromatic heterocycles. The van der Waals surface area contributed by atoms with Gasteiger partial charge in [-0.2, -0.15) is 0 Å². The van der Waals surface area contributed by atoms with E-state index in [1.165, 1.54) is 0 Å². The number of rotatable bonds is 6. The van der Waals surface area contributed by atoms with E-state index in [4.69, 9.17) is 10.5 Å². The zero-order valence-electron chi connectivity index (χ0n) is 11.5. The van der Waals surface area contributed by atoms with Crippen molar-refractivity contribution in [1.82, 2.24) is 4.72 Å². The van der Waals surface area contributed by atoms with Gasteiger partial charge in [-0.05, 0) is 49.9 Å². The Balaban J connectivity index is 2.01. The number of nitrogens with two attached hydrogens (primary N) is 1. The van der Waals surface area contributed by atoms with Gasteiger partial charge in [0.05, 0.1) is 4.90 Å². The fraction of sp³-hybridized carbons (Fsp3) is 0.571. The predicted octanol–water partition coefficient (Wildman–Crippen LogP) is 1.04. The van der Waals surface area contributed by atoms with Crippen LogP contribution >= 0.6 is 0 Å². The molecule has 1 aliphatic rings. The van der Waals surface area contributed by atoms with E-state index < -0.39 is 10.0 Å². The van der Waals surface area contributed by atoms with Crippen molar-refractivity contribution in [2.75, 3.05) is 19.8 Å². The molecular formula is C14H22N2O3S. The van der Waals surface area contributed by atoms with Gasteiger partial charge in [0.2, 0.25) is 10.0 Å². The van der Waals surface area contributed by atoms with Crippen LogP contribution in [0.5, 0.6) is 0 Å². The average Bonchev–Trinajstić information content (AvgIpc) is 2.46. The van der Waals surface area contributed by atoms with Crippen molar-refractivity contribution in [3.05, 3.63) is 29.8 Å². The molecule has 1 heterocycles. The van der Waals surface area contributed by atoms with Crippen molar-refractivity contribution >= 4 is 10.0 Å². The van der Waals surface area contributed by atoms with Crippen molar-refractivity contribution in [2.24, 2.45) is 5.73 Å². The number of nitrogens with one attached hydrogen (secondary N) is 1. The standard InChI is InChI=1S/C14H22N2O3S/c15-9-1-2-12-3-5-14(6-4-12)20(17,18)16-13-7-10-19-11-8-13/h3-6,13,16H,1-2,7-11,15H2. The molecule has 1 aliphatic heterocycles. The quantitative estimate of drug-likeness (QED) is 0.822. The second-order valence-corrected chi connectivity index (χ2v) is 6.76. The first-order valence-electron chi connectivity index (χ1n) is 7.01. The summed E-state index contributed by atoms with van der Waals surface area (Å²) in [4.78, 5) is 0.320. The maximum Gasteiger partial charge on any atom is 0.240 e. The molecule has 6 heteroatoms. The molecule has 0 atom stereocenters. The summed E-state index contributed by atoms with van der Waals surface area (Å²) in [5.41, 5.74) is 6.58. The molecule has 0 aliphatic carbocycles. The fourth-order valence-corrected chi connectivity index (χ4v) is 3.55. The molecule has 0 spiro atoms. The van der Waals surface area contributed by atoms with Crippen molar-refractivity contribution in [3.63, 3.8) is 0 Å². The molecule has 3 N–H and O–H groups in total. The van der Waals surface area contributed by atoms with Crippen LogP contribution in [0, 0.1) is 0 Å². The molecule has 5 nitrogen and oxygen atoms in total. The van der Waals surface area contributed by atoms with E-state index in [0.29, 0.717) is 24.7 Å². The summed E-state index contributed by atoms with van der Waals surface area (Å²) < 4.78 is 32.5. The summed E-state index contributed by atoms with van der Waals surface area (Å²) in [6.45, 7) is 1.88. The lowest BCUT2D eigenvalue weighted by atomic mass is 10.1. The second kappa shape index (κ2) is 7.17. The highest BCUT2D eigenvalue weighted by Crippen LogP contribution is 2.15. The lowest BCUT2D eigenvalue weighted by molar-refractivity contribution is 0.0832. The first kappa shape index (κ1) is 15.4. The molecule has 0 radical (unpaired) electrons. The minimum atomic E-state index is -3.43. The number of sulfonamides is 1. The molecule has 1 aromatic rings. The summed E-state index contributed by atoms with van der Waals surface area (Å²) in [6.07, 6.45) is 3.25. The van der Waals surface area contributed by atoms with Gasteiger partial charge in [-0.3, -0.25) is 0 Å². The van der Waals surface area contributed by atoms with E-state index in [-0.39, 0.29) is 6.04 Å². The normalized spacial score (nSPS) is 17.2. The molecule has 1 saturated heterocycles. The van der Waals surface area contributed by atoms with Crippen LogP contribution in [-0.2, 0) is 21.2 Å². The molecule has 2 rings (SSSR count). The average molecular weight is 298 g/mol. The Bertz CT molecular complexity index is 508. The fourth-order valence-electron chi connectivity index (χ4n) is 2.24. The molecule has 0 saturated carbocycles. The van der Waals surface area contributed by atoms with Crippen LogP contribution in [0.4, 0.5) is 0 Å². The molecule has 0 bridgehead atoms. The van der Waals surface area contributed by atoms with Gasteiger partial charge in [0.25, 0.3) is 0 Å². The maximum absolute atomic E-state index is 12.3. The summed E-state index contributed by atoms with van der Waals surface area (Å²) in [6, 6.07) is 7.01. The van der Waals surface area contributed by atoms with Crippen LogP contribution in [0.1, 0.15) is 24.8 Å². The van der Waals surface area contributed by atoms with Gasteiger partial charge >= 0.3 is 0 Å². The highest BCUT2D eigenvalue weighted by molar-refractivity contribution is 7.89. The van der Waals surface area contributed by atoms with Crippen LogP contribution in [0.3, 0.4) is 0 Å². The largest absolute Gasteiger partial charge is 0.381 e. The van der Waals surface area contributed by atoms with E-state index in [2.05, 4.69) is 4.72 Å². The third-order valence-corrected chi connectivity index (χ3v) is 4.98. The highest BCUT2D eigenvalue weighted by atomic mass is 32.2. The Morgan fingerprint density at radius 3 is 2.45 bits per heavy atom. The maximum atomic E-state index is 12.3. The van der Waals surface area contributed by atoms with Crippen LogP contribution in [0.15, 0.2) is 29.2 Å². The second-order valence-electron chi connectivity index (χ2n) is 5.04. The number of aryl methyl sites for hydroxylation is 1. The summed E-state index contributed by atoms with van der Waals surface area (Å²) in [5, 5.41) is 0. The smallest absolute Gasteiger partial charge is 0.240 e. The minimum absolute atomic E-state index is 0.0225. The summed E-state index contributed by atoms with van der Waals surface area (Å²) >= 11 is 0. The van der Waals surface area contributed by atoms with Gasteiger partial charge in [0, 0.05) is 19.3 Å². The molecular weight excluding hydrogens is 276 g/mol. The van der Waals surface area contributed by atoms with Crippen molar-refractivity contribution in [2.45, 2.75) is 36.6 Å². The van der Waals surface area contributed by atoms with Crippen molar-refractivity contribution in [1.29, 1.82) is 0 Å². The third-order valence-electron chi connectivity index (χ3n) is 3.45. The molecule has 1 fully saturated rings. The number of hydrogen-bond acceptors (Lipinski definition) is 4. The van der Waals surface area contributed by atoms with Gasteiger partial charge < -0.3 is 10.5 Å². The summed E-state index contributed by atoms with van der Waals surface area (Å²) in [5.74, 6) is 0. The number of ether oxygens (including phenoxy) is 1. The van der Waals surface area contributed by atoms with Gasteiger partial charge in [-0.15, -0.1) is 0 Å². The first-order chi connectivity index (χ1) is 9.62. The van der Waals surface area contributed by atoms with E-state index in [1.54, 1.807) is 12.1 Å². The first-order valence-corrected chi connectivity index (χ1v) is 8.49. The zero-order valence-corrected chi connectivity index (χ0v) is 12.4. The Kier molecular flexibility index (Phi) is 5.54. The monoisotopic (exact) mass is 298 g/mol. The van der Waals surface area contributed by atoms with Crippen LogP contribution in [0.25, 0.3) is 0 Å². The van der Waals surface area contributed by atoms with Gasteiger partial charge in [0.1, 0.15) is 0 Å². The molecule has 20 heavy (non-hydrogen) atoms. The van der Waals surface area contributed by atoms with E-state index in [9.17, 15) is 8.42 Å². The van der Waals surface area contributed by atoms with Crippen LogP contribution in [0.2, 0.25) is 0 Å². The van der Waals surface area contributed by atoms with Gasteiger partial charge in [-0.25, -0.2) is 13.1 Å². The lowest BCUT2D eigenvalue weighted by Crippen LogP contribution is -2.38. The minimum Gasteiger partial charge on any atom is -0.381 e. The van der Waals surface area contributed by atoms with Crippen LogP contribution < -0.4 is 10.5 Å². The zero-order chi connectivity index (χ0) is 14.4. The Labute approximate surface area is 120 Å². The molecule has 0 unspecified atom stereocenters. The van der Waals surface area contributed by atoms with E-state index >= 15 is 0 Å². The Morgan fingerprint density at radius 2 is 1.85 bits per heavy atom. The molecule has 112 valence electrons. The van der Waals surface area contributed by atoms with Crippen molar-refractivity contribution < 1.29 is 13.2 Å². The van der Waals surface area contributed by atoms with Gasteiger partial charge in [0.15, 0.2) is 0 Å². The molecule has 0 amide bonds. The topological polar surface area (TPSA) is 81.4 Å². The SMILES string of the molecule is NCCCc1ccc(S(=O)(=O)NC2CCOCC2)cc1. The van der Waals surface area contributed by atoms with E-state index in [0.717, 1.165) is 31.2 Å². The summed E-state index contributed by atoms with van der Waals surface area (Å²) in [7, 11) is -3.43. The molecule has 1 aromatic carbocycles. The predicted molar refractivity (Wildman–Crippen MR) is 78.0 cm³/mol. The highest BCUT2D eigenvalue weighted by Gasteiger charge is 2.21. The Hall–Kier alpha value is -0.950. The van der Waals surface area contributed by atoms with E-state index in [1.807, 2.05) is 12.1 Å². The van der Waals surface area contributed by atoms with Gasteiger partial charge in [-0.1, -0.05) is 12.1 Å². The van der Waals surface area contributed by atoms with Crippen LogP contribution in [-0.4, -0.2) is 34.2 Å². The third kappa shape index (κ3) is 4.28. The lowest BCUT2D eigenvalue weighted by Gasteiger charge is -2.23. The van der Waals surface area contributed by atoms with Crippen molar-refractivity contribution in [3.8, 4) is 0 Å². The Morgan fingerprint density at radius 1 is 1.20 bits per heavy atom. The number of benzene rings is 1. The number of hydrogen-bond donors (Lipinski definition) is 2.